The van der Waals surface area contributed by atoms with E-state index in [-0.39, 0.29) is 11.7 Å². The smallest absolute Gasteiger partial charge is 0.166 e. The van der Waals surface area contributed by atoms with E-state index in [4.69, 9.17) is 0 Å². The monoisotopic (exact) mass is 280 g/mol. The summed E-state index contributed by atoms with van der Waals surface area (Å²) < 4.78 is 0.922. The summed E-state index contributed by atoms with van der Waals surface area (Å²) in [6.45, 7) is 0. The Morgan fingerprint density at radius 2 is 1.94 bits per heavy atom. The van der Waals surface area contributed by atoms with E-state index in [1.807, 2.05) is 24.3 Å². The van der Waals surface area contributed by atoms with Crippen LogP contribution in [0.5, 0.6) is 0 Å². The number of benzene rings is 1. The van der Waals surface area contributed by atoms with Crippen LogP contribution in [0.4, 0.5) is 0 Å². The summed E-state index contributed by atoms with van der Waals surface area (Å²) in [5, 5.41) is 0. The fourth-order valence-electron chi connectivity index (χ4n) is 2.08. The van der Waals surface area contributed by atoms with Crippen molar-refractivity contribution in [2.45, 2.75) is 25.7 Å². The third-order valence-electron chi connectivity index (χ3n) is 3.02. The first-order valence-electron chi connectivity index (χ1n) is 5.48. The molecule has 2 nitrogen and oxygen atoms in total. The first-order valence-corrected chi connectivity index (χ1v) is 6.27. The van der Waals surface area contributed by atoms with Crippen LogP contribution in [-0.4, -0.2) is 11.6 Å². The van der Waals surface area contributed by atoms with Gasteiger partial charge in [0.2, 0.25) is 0 Å². The van der Waals surface area contributed by atoms with Crippen LogP contribution in [0.15, 0.2) is 28.7 Å². The van der Waals surface area contributed by atoms with Crippen LogP contribution in [0, 0.1) is 5.92 Å². The molecule has 0 atom stereocenters. The molecular weight excluding hydrogens is 268 g/mol. The number of halogens is 1. The van der Waals surface area contributed by atoms with Crippen molar-refractivity contribution < 1.29 is 9.59 Å². The Labute approximate surface area is 103 Å². The number of hydrogen-bond donors (Lipinski definition) is 0. The summed E-state index contributed by atoms with van der Waals surface area (Å²) >= 11 is 3.36. The Kier molecular flexibility index (Phi) is 3.54. The van der Waals surface area contributed by atoms with Gasteiger partial charge in [-0.05, 0) is 25.0 Å². The highest BCUT2D eigenvalue weighted by Gasteiger charge is 2.25. The lowest BCUT2D eigenvalue weighted by Crippen LogP contribution is -2.21. The SMILES string of the molecule is O=C1CCC(C(=O)c2cccc(Br)c2)CC1. The molecule has 0 aromatic heterocycles. The highest BCUT2D eigenvalue weighted by atomic mass is 79.9. The molecule has 0 bridgehead atoms. The van der Waals surface area contributed by atoms with Crippen LogP contribution >= 0.6 is 15.9 Å². The van der Waals surface area contributed by atoms with E-state index in [0.29, 0.717) is 31.5 Å². The summed E-state index contributed by atoms with van der Waals surface area (Å²) in [5.41, 5.74) is 0.744. The first-order chi connectivity index (χ1) is 7.66. The van der Waals surface area contributed by atoms with Crippen LogP contribution in [0.25, 0.3) is 0 Å². The molecule has 84 valence electrons. The number of Topliss-reactive ketones (excluding diaryl/α,β-unsaturated/α-hetero) is 2. The fourth-order valence-corrected chi connectivity index (χ4v) is 2.48. The first kappa shape index (κ1) is 11.5. The Bertz CT molecular complexity index is 416. The molecule has 0 amide bonds. The molecular formula is C13H13BrO2. The van der Waals surface area contributed by atoms with E-state index in [9.17, 15) is 9.59 Å². The largest absolute Gasteiger partial charge is 0.300 e. The molecule has 1 fully saturated rings. The van der Waals surface area contributed by atoms with Gasteiger partial charge >= 0.3 is 0 Å². The van der Waals surface area contributed by atoms with E-state index >= 15 is 0 Å². The van der Waals surface area contributed by atoms with Crippen molar-refractivity contribution in [1.29, 1.82) is 0 Å². The Hall–Kier alpha value is -0.960. The number of carbonyl (C=O) groups is 2. The second-order valence-corrected chi connectivity index (χ2v) is 5.10. The minimum absolute atomic E-state index is 0.0343. The maximum absolute atomic E-state index is 12.1. The minimum Gasteiger partial charge on any atom is -0.300 e. The number of ketones is 2. The molecule has 0 N–H and O–H groups in total. The molecule has 0 spiro atoms. The van der Waals surface area contributed by atoms with Gasteiger partial charge in [0.05, 0.1) is 0 Å². The Morgan fingerprint density at radius 1 is 1.25 bits per heavy atom. The summed E-state index contributed by atoms with van der Waals surface area (Å²) in [4.78, 5) is 23.2. The summed E-state index contributed by atoms with van der Waals surface area (Å²) in [6.07, 6.45) is 2.54. The van der Waals surface area contributed by atoms with Gasteiger partial charge in [-0.2, -0.15) is 0 Å². The van der Waals surface area contributed by atoms with Crippen LogP contribution in [0.1, 0.15) is 36.0 Å². The van der Waals surface area contributed by atoms with E-state index in [1.165, 1.54) is 0 Å². The van der Waals surface area contributed by atoms with Gasteiger partial charge < -0.3 is 0 Å². The van der Waals surface area contributed by atoms with Crippen LogP contribution in [-0.2, 0) is 4.79 Å². The third kappa shape index (κ3) is 2.59. The fraction of sp³-hybridized carbons (Fsp3) is 0.385. The quantitative estimate of drug-likeness (QED) is 0.779. The number of carbonyl (C=O) groups excluding carboxylic acids is 2. The van der Waals surface area contributed by atoms with Gasteiger partial charge in [-0.25, -0.2) is 0 Å². The topological polar surface area (TPSA) is 34.1 Å². The van der Waals surface area contributed by atoms with Crippen LogP contribution < -0.4 is 0 Å². The zero-order valence-electron chi connectivity index (χ0n) is 8.91. The molecule has 3 heteroatoms. The lowest BCUT2D eigenvalue weighted by molar-refractivity contribution is -0.120. The zero-order valence-corrected chi connectivity index (χ0v) is 10.5. The Balaban J connectivity index is 2.10. The van der Waals surface area contributed by atoms with Crippen molar-refractivity contribution in [3.63, 3.8) is 0 Å². The van der Waals surface area contributed by atoms with E-state index in [2.05, 4.69) is 15.9 Å². The highest BCUT2D eigenvalue weighted by Crippen LogP contribution is 2.26. The van der Waals surface area contributed by atoms with Crippen molar-refractivity contribution in [3.05, 3.63) is 34.3 Å². The maximum atomic E-state index is 12.1. The predicted molar refractivity (Wildman–Crippen MR) is 65.4 cm³/mol. The van der Waals surface area contributed by atoms with Gasteiger partial charge in [0, 0.05) is 28.8 Å². The normalized spacial score (nSPS) is 17.4. The molecule has 1 aromatic carbocycles. The molecule has 0 radical (unpaired) electrons. The van der Waals surface area contributed by atoms with Gasteiger partial charge in [0.25, 0.3) is 0 Å². The highest BCUT2D eigenvalue weighted by molar-refractivity contribution is 9.10. The lowest BCUT2D eigenvalue weighted by atomic mass is 9.83. The molecule has 1 aliphatic rings. The van der Waals surface area contributed by atoms with Crippen molar-refractivity contribution in [2.24, 2.45) is 5.92 Å². The van der Waals surface area contributed by atoms with Crippen molar-refractivity contribution >= 4 is 27.5 Å². The number of hydrogen-bond acceptors (Lipinski definition) is 2. The van der Waals surface area contributed by atoms with Gasteiger partial charge in [0.15, 0.2) is 5.78 Å². The molecule has 16 heavy (non-hydrogen) atoms. The predicted octanol–water partition coefficient (Wildman–Crippen LogP) is 3.39. The van der Waals surface area contributed by atoms with E-state index < -0.39 is 0 Å². The molecule has 1 aromatic rings. The van der Waals surface area contributed by atoms with Gasteiger partial charge in [0.1, 0.15) is 5.78 Å². The van der Waals surface area contributed by atoms with Crippen molar-refractivity contribution in [2.75, 3.05) is 0 Å². The summed E-state index contributed by atoms with van der Waals surface area (Å²) in [6, 6.07) is 7.45. The van der Waals surface area contributed by atoms with Crippen LogP contribution in [0.3, 0.4) is 0 Å². The standard InChI is InChI=1S/C13H13BrO2/c14-11-3-1-2-10(8-11)13(16)9-4-6-12(15)7-5-9/h1-3,8-9H,4-7H2. The van der Waals surface area contributed by atoms with Crippen molar-refractivity contribution in [1.82, 2.24) is 0 Å². The molecule has 0 saturated heterocycles. The van der Waals surface area contributed by atoms with E-state index in [0.717, 1.165) is 10.0 Å². The number of rotatable bonds is 2. The average Bonchev–Trinajstić information content (AvgIpc) is 2.29. The molecule has 0 heterocycles. The molecule has 0 unspecified atom stereocenters. The summed E-state index contributed by atoms with van der Waals surface area (Å²) in [5.74, 6) is 0.499. The zero-order chi connectivity index (χ0) is 11.5. The second-order valence-electron chi connectivity index (χ2n) is 4.19. The maximum Gasteiger partial charge on any atom is 0.166 e. The van der Waals surface area contributed by atoms with E-state index in [1.54, 1.807) is 0 Å². The summed E-state index contributed by atoms with van der Waals surface area (Å²) in [7, 11) is 0. The Morgan fingerprint density at radius 3 is 2.56 bits per heavy atom. The molecule has 0 aliphatic heterocycles. The van der Waals surface area contributed by atoms with Crippen molar-refractivity contribution in [3.8, 4) is 0 Å². The molecule has 2 rings (SSSR count). The van der Waals surface area contributed by atoms with Gasteiger partial charge in [-0.3, -0.25) is 9.59 Å². The third-order valence-corrected chi connectivity index (χ3v) is 3.52. The van der Waals surface area contributed by atoms with Crippen LogP contribution in [0.2, 0.25) is 0 Å². The minimum atomic E-state index is 0.0343. The second kappa shape index (κ2) is 4.91. The average molecular weight is 281 g/mol. The molecule has 1 saturated carbocycles. The van der Waals surface area contributed by atoms with Gasteiger partial charge in [-0.1, -0.05) is 28.1 Å². The van der Waals surface area contributed by atoms with Gasteiger partial charge in [-0.15, -0.1) is 0 Å². The molecule has 1 aliphatic carbocycles. The lowest BCUT2D eigenvalue weighted by Gasteiger charge is -2.19.